The summed E-state index contributed by atoms with van der Waals surface area (Å²) < 4.78 is 0. The van der Waals surface area contributed by atoms with E-state index in [1.54, 1.807) is 0 Å². The van der Waals surface area contributed by atoms with Gasteiger partial charge in [-0.05, 0) is 43.5 Å². The van der Waals surface area contributed by atoms with Crippen LogP contribution in [0.15, 0.2) is 43.1 Å². The molecule has 2 unspecified atom stereocenters. The van der Waals surface area contributed by atoms with E-state index in [1.165, 1.54) is 29.8 Å². The second-order valence-electron chi connectivity index (χ2n) is 7.18. The Morgan fingerprint density at radius 1 is 1.43 bits per heavy atom. The zero-order valence-electron chi connectivity index (χ0n) is 14.5. The number of rotatable bonds is 6. The number of hydrogen-bond donors (Lipinski definition) is 1. The highest BCUT2D eigenvalue weighted by atomic mass is 15.2. The van der Waals surface area contributed by atoms with Gasteiger partial charge in [0.2, 0.25) is 0 Å². The van der Waals surface area contributed by atoms with Gasteiger partial charge in [-0.15, -0.1) is 6.58 Å². The van der Waals surface area contributed by atoms with Crippen molar-refractivity contribution in [3.8, 4) is 0 Å². The first kappa shape index (κ1) is 16.3. The normalized spacial score (nSPS) is 23.3. The highest BCUT2D eigenvalue weighted by molar-refractivity contribution is 5.40. The minimum atomic E-state index is 0.230. The van der Waals surface area contributed by atoms with Gasteiger partial charge in [-0.3, -0.25) is 4.90 Å². The highest BCUT2D eigenvalue weighted by Crippen LogP contribution is 2.39. The molecular formula is C20H29N3. The predicted octanol–water partition coefficient (Wildman–Crippen LogP) is 3.40. The molecule has 0 aliphatic carbocycles. The molecule has 0 amide bonds. The minimum Gasteiger partial charge on any atom is -0.401 e. The van der Waals surface area contributed by atoms with Crippen molar-refractivity contribution in [2.24, 2.45) is 5.73 Å². The van der Waals surface area contributed by atoms with Gasteiger partial charge < -0.3 is 10.6 Å². The summed E-state index contributed by atoms with van der Waals surface area (Å²) in [6.45, 7) is 13.5. The number of nitrogens with two attached hydrogens (primary N) is 1. The molecule has 0 bridgehead atoms. The Balaban J connectivity index is 1.79. The van der Waals surface area contributed by atoms with Gasteiger partial charge in [-0.2, -0.15) is 0 Å². The lowest BCUT2D eigenvalue weighted by atomic mass is 9.89. The zero-order valence-corrected chi connectivity index (χ0v) is 14.5. The lowest BCUT2D eigenvalue weighted by molar-refractivity contribution is 0.170. The van der Waals surface area contributed by atoms with Crippen molar-refractivity contribution in [1.82, 2.24) is 9.80 Å². The Morgan fingerprint density at radius 3 is 2.78 bits per heavy atom. The Labute approximate surface area is 140 Å². The Morgan fingerprint density at radius 2 is 2.17 bits per heavy atom. The lowest BCUT2D eigenvalue weighted by Gasteiger charge is -2.37. The fourth-order valence-electron chi connectivity index (χ4n) is 4.04. The van der Waals surface area contributed by atoms with Crippen LogP contribution in [0.5, 0.6) is 0 Å². The van der Waals surface area contributed by atoms with Crippen LogP contribution in [0, 0.1) is 0 Å². The maximum Gasteiger partial charge on any atom is 0.0499 e. The molecule has 2 heterocycles. The maximum atomic E-state index is 6.10. The first-order valence-corrected chi connectivity index (χ1v) is 8.63. The summed E-state index contributed by atoms with van der Waals surface area (Å²) in [4.78, 5) is 4.87. The molecule has 23 heavy (non-hydrogen) atoms. The molecule has 1 fully saturated rings. The molecule has 0 radical (unpaired) electrons. The molecule has 3 nitrogen and oxygen atoms in total. The molecule has 2 aliphatic heterocycles. The van der Waals surface area contributed by atoms with Gasteiger partial charge in [0.25, 0.3) is 0 Å². The number of allylic oxidation sites excluding steroid dienone is 1. The molecule has 1 aromatic rings. The standard InChI is InChI=1S/C20H29N3/c1-5-6-7-20(14(2)21)23-13-17-9-8-16(10-19(17)15(23)3)18-11-22(4)12-18/h5,8-10,15,18,20H,1-2,6-7,11-13,21H2,3-4H3. The van der Waals surface area contributed by atoms with Crippen LogP contribution in [-0.2, 0) is 6.54 Å². The van der Waals surface area contributed by atoms with E-state index in [9.17, 15) is 0 Å². The van der Waals surface area contributed by atoms with E-state index in [-0.39, 0.29) is 6.04 Å². The topological polar surface area (TPSA) is 32.5 Å². The third kappa shape index (κ3) is 3.08. The van der Waals surface area contributed by atoms with Crippen LogP contribution in [0.3, 0.4) is 0 Å². The molecule has 124 valence electrons. The summed E-state index contributed by atoms with van der Waals surface area (Å²) in [7, 11) is 2.19. The zero-order chi connectivity index (χ0) is 16.6. The van der Waals surface area contributed by atoms with Crippen molar-refractivity contribution < 1.29 is 0 Å². The van der Waals surface area contributed by atoms with Crippen LogP contribution in [0.25, 0.3) is 0 Å². The van der Waals surface area contributed by atoms with E-state index < -0.39 is 0 Å². The molecule has 1 saturated heterocycles. The van der Waals surface area contributed by atoms with E-state index in [4.69, 9.17) is 5.73 Å². The summed E-state index contributed by atoms with van der Waals surface area (Å²) in [6.07, 6.45) is 3.94. The van der Waals surface area contributed by atoms with Gasteiger partial charge in [-0.25, -0.2) is 0 Å². The number of likely N-dealkylation sites (N-methyl/N-ethyl adjacent to an activating group) is 1. The second kappa shape index (κ2) is 6.50. The van der Waals surface area contributed by atoms with Crippen molar-refractivity contribution in [1.29, 1.82) is 0 Å². The molecule has 0 aromatic heterocycles. The number of fused-ring (bicyclic) bond motifs is 1. The monoisotopic (exact) mass is 311 g/mol. The van der Waals surface area contributed by atoms with Gasteiger partial charge in [0, 0.05) is 43.3 Å². The van der Waals surface area contributed by atoms with E-state index in [1.807, 2.05) is 6.08 Å². The van der Waals surface area contributed by atoms with Gasteiger partial charge >= 0.3 is 0 Å². The van der Waals surface area contributed by atoms with Gasteiger partial charge in [0.05, 0.1) is 0 Å². The van der Waals surface area contributed by atoms with Gasteiger partial charge in [0.1, 0.15) is 0 Å². The Bertz CT molecular complexity index is 601. The van der Waals surface area contributed by atoms with Crippen molar-refractivity contribution >= 4 is 0 Å². The number of hydrogen-bond acceptors (Lipinski definition) is 3. The van der Waals surface area contributed by atoms with Crippen LogP contribution in [0.4, 0.5) is 0 Å². The molecule has 3 rings (SSSR count). The van der Waals surface area contributed by atoms with Gasteiger partial charge in [0.15, 0.2) is 0 Å². The van der Waals surface area contributed by atoms with Crippen molar-refractivity contribution in [2.75, 3.05) is 20.1 Å². The fraction of sp³-hybridized carbons (Fsp3) is 0.500. The van der Waals surface area contributed by atoms with E-state index in [0.717, 1.165) is 25.1 Å². The van der Waals surface area contributed by atoms with Crippen molar-refractivity contribution in [3.63, 3.8) is 0 Å². The quantitative estimate of drug-likeness (QED) is 0.817. The predicted molar refractivity (Wildman–Crippen MR) is 97.2 cm³/mol. The molecule has 2 atom stereocenters. The summed E-state index contributed by atoms with van der Waals surface area (Å²) in [5.41, 5.74) is 11.3. The van der Waals surface area contributed by atoms with Crippen LogP contribution in [0.2, 0.25) is 0 Å². The Hall–Kier alpha value is -1.58. The second-order valence-corrected chi connectivity index (χ2v) is 7.18. The fourth-order valence-corrected chi connectivity index (χ4v) is 4.04. The van der Waals surface area contributed by atoms with E-state index >= 15 is 0 Å². The average Bonchev–Trinajstić information content (AvgIpc) is 2.81. The molecule has 0 spiro atoms. The first-order valence-electron chi connectivity index (χ1n) is 8.63. The third-order valence-corrected chi connectivity index (χ3v) is 5.48. The third-order valence-electron chi connectivity index (χ3n) is 5.48. The summed E-state index contributed by atoms with van der Waals surface area (Å²) >= 11 is 0. The molecule has 2 N–H and O–H groups in total. The van der Waals surface area contributed by atoms with Crippen LogP contribution < -0.4 is 5.73 Å². The largest absolute Gasteiger partial charge is 0.401 e. The number of nitrogens with zero attached hydrogens (tertiary/aromatic N) is 2. The van der Waals surface area contributed by atoms with Crippen LogP contribution >= 0.6 is 0 Å². The van der Waals surface area contributed by atoms with Crippen molar-refractivity contribution in [2.45, 2.75) is 44.3 Å². The average molecular weight is 311 g/mol. The Kier molecular flexibility index (Phi) is 4.60. The van der Waals surface area contributed by atoms with Gasteiger partial charge in [-0.1, -0.05) is 30.9 Å². The summed E-state index contributed by atoms with van der Waals surface area (Å²) in [5, 5.41) is 0. The minimum absolute atomic E-state index is 0.230. The molecule has 0 saturated carbocycles. The highest BCUT2D eigenvalue weighted by Gasteiger charge is 2.34. The van der Waals surface area contributed by atoms with E-state index in [2.05, 4.69) is 55.1 Å². The van der Waals surface area contributed by atoms with Crippen molar-refractivity contribution in [3.05, 3.63) is 59.8 Å². The van der Waals surface area contributed by atoms with Crippen LogP contribution in [0.1, 0.15) is 48.4 Å². The smallest absolute Gasteiger partial charge is 0.0499 e. The maximum absolute atomic E-state index is 6.10. The summed E-state index contributed by atoms with van der Waals surface area (Å²) in [5.74, 6) is 0.701. The molecule has 2 aliphatic rings. The summed E-state index contributed by atoms with van der Waals surface area (Å²) in [6, 6.07) is 7.71. The van der Waals surface area contributed by atoms with Crippen LogP contribution in [-0.4, -0.2) is 36.0 Å². The first-order chi connectivity index (χ1) is 11.0. The number of benzene rings is 1. The lowest BCUT2D eigenvalue weighted by Crippen LogP contribution is -2.41. The molecule has 1 aromatic carbocycles. The molecular weight excluding hydrogens is 282 g/mol. The SMILES string of the molecule is C=CCCC(C(=C)N)N1Cc2ccc(C3CN(C)C3)cc2C1C. The molecule has 3 heteroatoms. The van der Waals surface area contributed by atoms with E-state index in [0.29, 0.717) is 12.0 Å². The number of likely N-dealkylation sites (tertiary alicyclic amines) is 1.